The number of carbonyl (C=O) groups excluding carboxylic acids is 1. The summed E-state index contributed by atoms with van der Waals surface area (Å²) in [5, 5.41) is 0. The van der Waals surface area contributed by atoms with Crippen LogP contribution in [0.1, 0.15) is 24.9 Å². The molecule has 0 saturated heterocycles. The first-order valence-electron chi connectivity index (χ1n) is 4.90. The molecule has 0 radical (unpaired) electrons. The molecule has 1 aromatic carbocycles. The molecule has 4 heteroatoms. The molecule has 0 aromatic heterocycles. The minimum atomic E-state index is -0.482. The summed E-state index contributed by atoms with van der Waals surface area (Å²) in [6.07, 6.45) is 0.890. The molecule has 1 rings (SSSR count). The Morgan fingerprint density at radius 2 is 2.00 bits per heavy atom. The van der Waals surface area contributed by atoms with E-state index < -0.39 is 5.91 Å². The lowest BCUT2D eigenvalue weighted by atomic mass is 10.1. The highest BCUT2D eigenvalue weighted by Crippen LogP contribution is 2.17. The van der Waals surface area contributed by atoms with E-state index in [9.17, 15) is 4.79 Å². The molecule has 15 heavy (non-hydrogen) atoms. The van der Waals surface area contributed by atoms with Gasteiger partial charge in [0.25, 0.3) is 5.91 Å². The maximum absolute atomic E-state index is 10.5. The Bertz CT molecular complexity index is 322. The van der Waals surface area contributed by atoms with Gasteiger partial charge in [-0.3, -0.25) is 4.79 Å². The fourth-order valence-corrected chi connectivity index (χ4v) is 1.20. The van der Waals surface area contributed by atoms with Crippen molar-refractivity contribution in [2.24, 2.45) is 11.5 Å². The lowest BCUT2D eigenvalue weighted by Crippen LogP contribution is -2.20. The Labute approximate surface area is 89.2 Å². The van der Waals surface area contributed by atoms with E-state index in [1.54, 1.807) is 12.1 Å². The van der Waals surface area contributed by atoms with E-state index >= 15 is 0 Å². The summed E-state index contributed by atoms with van der Waals surface area (Å²) in [6.45, 7) is 1.93. The van der Waals surface area contributed by atoms with Crippen LogP contribution in [0.25, 0.3) is 0 Å². The van der Waals surface area contributed by atoms with Gasteiger partial charge in [-0.2, -0.15) is 0 Å². The van der Waals surface area contributed by atoms with Gasteiger partial charge in [-0.05, 0) is 24.1 Å². The van der Waals surface area contributed by atoms with Crippen molar-refractivity contribution in [3.05, 3.63) is 29.8 Å². The largest absolute Gasteiger partial charge is 0.484 e. The number of amides is 1. The first kappa shape index (κ1) is 11.5. The van der Waals surface area contributed by atoms with Crippen molar-refractivity contribution in [1.29, 1.82) is 0 Å². The molecule has 82 valence electrons. The van der Waals surface area contributed by atoms with Gasteiger partial charge in [0.2, 0.25) is 0 Å². The smallest absolute Gasteiger partial charge is 0.255 e. The third-order valence-corrected chi connectivity index (χ3v) is 2.13. The molecule has 1 aromatic rings. The first-order valence-corrected chi connectivity index (χ1v) is 4.90. The normalized spacial score (nSPS) is 12.1. The molecule has 4 nitrogen and oxygen atoms in total. The van der Waals surface area contributed by atoms with Crippen molar-refractivity contribution in [2.45, 2.75) is 19.4 Å². The number of ether oxygens (including phenoxy) is 1. The average molecular weight is 208 g/mol. The second-order valence-corrected chi connectivity index (χ2v) is 3.34. The van der Waals surface area contributed by atoms with Gasteiger partial charge in [-0.1, -0.05) is 19.1 Å². The summed E-state index contributed by atoms with van der Waals surface area (Å²) in [5.74, 6) is 0.144. The predicted octanol–water partition coefficient (Wildman–Crippen LogP) is 0.960. The number of rotatable bonds is 5. The van der Waals surface area contributed by atoms with E-state index in [0.29, 0.717) is 5.75 Å². The Hall–Kier alpha value is -1.55. The maximum atomic E-state index is 10.5. The van der Waals surface area contributed by atoms with Crippen LogP contribution in [-0.4, -0.2) is 12.5 Å². The van der Waals surface area contributed by atoms with Gasteiger partial charge in [0, 0.05) is 6.04 Å². The molecular weight excluding hydrogens is 192 g/mol. The van der Waals surface area contributed by atoms with E-state index in [-0.39, 0.29) is 12.6 Å². The van der Waals surface area contributed by atoms with Crippen LogP contribution in [0.5, 0.6) is 5.75 Å². The highest BCUT2D eigenvalue weighted by atomic mass is 16.5. The summed E-state index contributed by atoms with van der Waals surface area (Å²) in [7, 11) is 0. The van der Waals surface area contributed by atoms with E-state index in [0.717, 1.165) is 12.0 Å². The van der Waals surface area contributed by atoms with Crippen molar-refractivity contribution >= 4 is 5.91 Å². The zero-order valence-corrected chi connectivity index (χ0v) is 8.77. The summed E-state index contributed by atoms with van der Waals surface area (Å²) in [6, 6.07) is 7.41. The summed E-state index contributed by atoms with van der Waals surface area (Å²) < 4.78 is 5.12. The van der Waals surface area contributed by atoms with Crippen LogP contribution >= 0.6 is 0 Å². The summed E-state index contributed by atoms with van der Waals surface area (Å²) >= 11 is 0. The van der Waals surface area contributed by atoms with Crippen LogP contribution < -0.4 is 16.2 Å². The van der Waals surface area contributed by atoms with Crippen LogP contribution in [0.3, 0.4) is 0 Å². The molecule has 0 aliphatic carbocycles. The molecule has 0 spiro atoms. The Balaban J connectivity index is 2.60. The fourth-order valence-electron chi connectivity index (χ4n) is 1.20. The van der Waals surface area contributed by atoms with Crippen molar-refractivity contribution in [3.63, 3.8) is 0 Å². The van der Waals surface area contributed by atoms with Crippen LogP contribution in [0.15, 0.2) is 24.3 Å². The van der Waals surface area contributed by atoms with Gasteiger partial charge in [0.05, 0.1) is 0 Å². The van der Waals surface area contributed by atoms with Crippen molar-refractivity contribution in [3.8, 4) is 5.75 Å². The second-order valence-electron chi connectivity index (χ2n) is 3.34. The summed E-state index contributed by atoms with van der Waals surface area (Å²) in [5.41, 5.74) is 11.9. The van der Waals surface area contributed by atoms with Crippen molar-refractivity contribution < 1.29 is 9.53 Å². The predicted molar refractivity (Wildman–Crippen MR) is 58.4 cm³/mol. The molecule has 1 amide bonds. The topological polar surface area (TPSA) is 78.3 Å². The molecule has 0 fully saturated rings. The Kier molecular flexibility index (Phi) is 4.12. The summed E-state index contributed by atoms with van der Waals surface area (Å²) in [4.78, 5) is 10.5. The molecule has 0 heterocycles. The number of nitrogens with two attached hydrogens (primary N) is 2. The monoisotopic (exact) mass is 208 g/mol. The van der Waals surface area contributed by atoms with Crippen LogP contribution in [-0.2, 0) is 4.79 Å². The molecule has 0 bridgehead atoms. The Morgan fingerprint density at radius 1 is 1.40 bits per heavy atom. The number of benzene rings is 1. The Morgan fingerprint density at radius 3 is 2.47 bits per heavy atom. The fraction of sp³-hybridized carbons (Fsp3) is 0.364. The van der Waals surface area contributed by atoms with E-state index in [1.807, 2.05) is 19.1 Å². The molecule has 0 aliphatic heterocycles. The van der Waals surface area contributed by atoms with Gasteiger partial charge < -0.3 is 16.2 Å². The number of primary amides is 1. The lowest BCUT2D eigenvalue weighted by Gasteiger charge is -2.10. The quantitative estimate of drug-likeness (QED) is 0.756. The number of hydrogen-bond acceptors (Lipinski definition) is 3. The van der Waals surface area contributed by atoms with Crippen molar-refractivity contribution in [2.75, 3.05) is 6.61 Å². The van der Waals surface area contributed by atoms with Gasteiger partial charge in [0.15, 0.2) is 6.61 Å². The number of carbonyl (C=O) groups is 1. The minimum absolute atomic E-state index is 0.0511. The molecule has 1 atom stereocenters. The third-order valence-electron chi connectivity index (χ3n) is 2.13. The molecular formula is C11H16N2O2. The minimum Gasteiger partial charge on any atom is -0.484 e. The van der Waals surface area contributed by atoms with Gasteiger partial charge in [-0.25, -0.2) is 0 Å². The SMILES string of the molecule is CC[C@H](N)c1ccc(OCC(N)=O)cc1. The van der Waals surface area contributed by atoms with Crippen LogP contribution in [0.4, 0.5) is 0 Å². The molecule has 0 aliphatic rings. The van der Waals surface area contributed by atoms with Gasteiger partial charge >= 0.3 is 0 Å². The zero-order chi connectivity index (χ0) is 11.3. The molecule has 4 N–H and O–H groups in total. The van der Waals surface area contributed by atoms with Gasteiger partial charge in [-0.15, -0.1) is 0 Å². The van der Waals surface area contributed by atoms with E-state index in [2.05, 4.69) is 0 Å². The van der Waals surface area contributed by atoms with Crippen LogP contribution in [0.2, 0.25) is 0 Å². The zero-order valence-electron chi connectivity index (χ0n) is 8.77. The number of hydrogen-bond donors (Lipinski definition) is 2. The van der Waals surface area contributed by atoms with Gasteiger partial charge in [0.1, 0.15) is 5.75 Å². The van der Waals surface area contributed by atoms with Crippen LogP contribution in [0, 0.1) is 0 Å². The first-order chi connectivity index (χ1) is 7.13. The maximum Gasteiger partial charge on any atom is 0.255 e. The molecule has 0 unspecified atom stereocenters. The molecule has 0 saturated carbocycles. The average Bonchev–Trinajstić information content (AvgIpc) is 2.26. The van der Waals surface area contributed by atoms with Crippen molar-refractivity contribution in [1.82, 2.24) is 0 Å². The van der Waals surface area contributed by atoms with E-state index in [1.165, 1.54) is 0 Å². The standard InChI is InChI=1S/C11H16N2O2/c1-2-10(12)8-3-5-9(6-4-8)15-7-11(13)14/h3-6,10H,2,7,12H2,1H3,(H2,13,14)/t10-/m0/s1. The lowest BCUT2D eigenvalue weighted by molar-refractivity contribution is -0.119. The second kappa shape index (κ2) is 5.36. The van der Waals surface area contributed by atoms with E-state index in [4.69, 9.17) is 16.2 Å². The third kappa shape index (κ3) is 3.59. The highest BCUT2D eigenvalue weighted by molar-refractivity contribution is 5.75. The highest BCUT2D eigenvalue weighted by Gasteiger charge is 2.03.